The van der Waals surface area contributed by atoms with Gasteiger partial charge >= 0.3 is 5.97 Å². The molecule has 1 aliphatic heterocycles. The van der Waals surface area contributed by atoms with E-state index in [1.807, 2.05) is 0 Å². The van der Waals surface area contributed by atoms with E-state index in [2.05, 4.69) is 0 Å². The highest BCUT2D eigenvalue weighted by Crippen LogP contribution is 2.37. The van der Waals surface area contributed by atoms with E-state index in [1.165, 1.54) is 19.2 Å². The number of nitrogens with zero attached hydrogens (tertiary/aromatic N) is 2. The van der Waals surface area contributed by atoms with Gasteiger partial charge in [-0.25, -0.2) is 4.79 Å². The summed E-state index contributed by atoms with van der Waals surface area (Å²) < 4.78 is 17.3. The quantitative estimate of drug-likeness (QED) is 0.351. The smallest absolute Gasteiger partial charge is 0.354 e. The van der Waals surface area contributed by atoms with E-state index in [1.54, 1.807) is 41.1 Å². The number of non-ortho nitro benzene ring substituents is 1. The van der Waals surface area contributed by atoms with Crippen LogP contribution in [0.5, 0.6) is 11.5 Å². The maximum absolute atomic E-state index is 12.3. The molecule has 0 amide bonds. The Morgan fingerprint density at radius 2 is 1.86 bits per heavy atom. The van der Waals surface area contributed by atoms with Crippen LogP contribution >= 0.6 is 11.6 Å². The van der Waals surface area contributed by atoms with Crippen molar-refractivity contribution in [1.29, 1.82) is 0 Å². The summed E-state index contributed by atoms with van der Waals surface area (Å²) in [4.78, 5) is 22.7. The number of benzene rings is 2. The summed E-state index contributed by atoms with van der Waals surface area (Å²) in [7, 11) is 1.30. The third-order valence-corrected chi connectivity index (χ3v) is 4.94. The second-order valence-corrected chi connectivity index (χ2v) is 6.74. The zero-order chi connectivity index (χ0) is 20.5. The molecule has 0 aliphatic carbocycles. The number of methoxy groups -OCH3 is 1. The molecule has 0 saturated carbocycles. The number of aromatic nitrogens is 1. The van der Waals surface area contributed by atoms with Gasteiger partial charge in [-0.1, -0.05) is 11.6 Å². The highest BCUT2D eigenvalue weighted by molar-refractivity contribution is 6.31. The van der Waals surface area contributed by atoms with Gasteiger partial charge in [0, 0.05) is 41.5 Å². The molecule has 0 unspecified atom stereocenters. The van der Waals surface area contributed by atoms with Crippen molar-refractivity contribution >= 4 is 23.3 Å². The molecule has 0 bridgehead atoms. The largest absolute Gasteiger partial charge is 0.464 e. The Morgan fingerprint density at radius 3 is 2.52 bits per heavy atom. The van der Waals surface area contributed by atoms with Crippen molar-refractivity contribution in [1.82, 2.24) is 4.57 Å². The second-order valence-electron chi connectivity index (χ2n) is 6.33. The van der Waals surface area contributed by atoms with Crippen molar-refractivity contribution in [2.24, 2.45) is 0 Å². The van der Waals surface area contributed by atoms with Crippen LogP contribution in [0.2, 0.25) is 5.02 Å². The highest BCUT2D eigenvalue weighted by atomic mass is 35.5. The molecule has 1 aromatic heterocycles. The van der Waals surface area contributed by atoms with Crippen LogP contribution in [-0.4, -0.2) is 29.4 Å². The van der Waals surface area contributed by atoms with E-state index >= 15 is 0 Å². The SMILES string of the molecule is COC(=O)c1cc(-c2ccc([N+](=O)[O-])cc2)cn1Cc1cc2c(cc1Cl)OCO2. The monoisotopic (exact) mass is 414 g/mol. The maximum Gasteiger partial charge on any atom is 0.354 e. The van der Waals surface area contributed by atoms with E-state index in [0.29, 0.717) is 28.8 Å². The predicted octanol–water partition coefficient (Wildman–Crippen LogP) is 4.28. The normalized spacial score (nSPS) is 12.1. The lowest BCUT2D eigenvalue weighted by Gasteiger charge is -2.10. The summed E-state index contributed by atoms with van der Waals surface area (Å²) >= 11 is 6.37. The molecule has 2 heterocycles. The summed E-state index contributed by atoms with van der Waals surface area (Å²) in [5, 5.41) is 11.3. The number of nitro benzene ring substituents is 1. The number of esters is 1. The molecule has 148 valence electrons. The van der Waals surface area contributed by atoms with Gasteiger partial charge in [-0.2, -0.15) is 0 Å². The first kappa shape index (κ1) is 18.8. The van der Waals surface area contributed by atoms with E-state index in [9.17, 15) is 14.9 Å². The highest BCUT2D eigenvalue weighted by Gasteiger charge is 2.20. The molecule has 9 heteroatoms. The van der Waals surface area contributed by atoms with Crippen LogP contribution in [0, 0.1) is 10.1 Å². The Labute approximate surface area is 170 Å². The zero-order valence-electron chi connectivity index (χ0n) is 15.3. The van der Waals surface area contributed by atoms with Gasteiger partial charge in [-0.3, -0.25) is 10.1 Å². The molecular weight excluding hydrogens is 400 g/mol. The first-order chi connectivity index (χ1) is 14.0. The van der Waals surface area contributed by atoms with E-state index in [4.69, 9.17) is 25.8 Å². The first-order valence-corrected chi connectivity index (χ1v) is 8.95. The van der Waals surface area contributed by atoms with Gasteiger partial charge < -0.3 is 18.8 Å². The van der Waals surface area contributed by atoms with Crippen molar-refractivity contribution in [3.8, 4) is 22.6 Å². The zero-order valence-corrected chi connectivity index (χ0v) is 16.0. The van der Waals surface area contributed by atoms with E-state index in [-0.39, 0.29) is 12.5 Å². The molecule has 3 aromatic rings. The third kappa shape index (κ3) is 3.62. The van der Waals surface area contributed by atoms with Crippen molar-refractivity contribution in [3.63, 3.8) is 0 Å². The Hall–Kier alpha value is -3.52. The topological polar surface area (TPSA) is 92.8 Å². The number of carbonyl (C=O) groups is 1. The second kappa shape index (κ2) is 7.48. The van der Waals surface area contributed by atoms with Crippen molar-refractivity contribution in [2.45, 2.75) is 6.54 Å². The molecule has 1 aliphatic rings. The van der Waals surface area contributed by atoms with Crippen LogP contribution in [-0.2, 0) is 11.3 Å². The summed E-state index contributed by atoms with van der Waals surface area (Å²) in [5.74, 6) is 0.660. The Balaban J connectivity index is 1.71. The number of hydrogen-bond donors (Lipinski definition) is 0. The lowest BCUT2D eigenvalue weighted by Crippen LogP contribution is -2.10. The maximum atomic E-state index is 12.3. The van der Waals surface area contributed by atoms with Crippen LogP contribution in [0.15, 0.2) is 48.7 Å². The summed E-state index contributed by atoms with van der Waals surface area (Å²) in [5.41, 5.74) is 2.52. The van der Waals surface area contributed by atoms with Crippen LogP contribution in [0.4, 0.5) is 5.69 Å². The third-order valence-electron chi connectivity index (χ3n) is 4.58. The Morgan fingerprint density at radius 1 is 1.17 bits per heavy atom. The fourth-order valence-electron chi connectivity index (χ4n) is 3.11. The fraction of sp³-hybridized carbons (Fsp3) is 0.150. The number of fused-ring (bicyclic) bond motifs is 1. The number of nitro groups is 1. The predicted molar refractivity (Wildman–Crippen MR) is 105 cm³/mol. The van der Waals surface area contributed by atoms with Gasteiger partial charge in [0.2, 0.25) is 6.79 Å². The average molecular weight is 415 g/mol. The number of hydrogen-bond acceptors (Lipinski definition) is 6. The number of rotatable bonds is 5. The molecule has 2 aromatic carbocycles. The fourth-order valence-corrected chi connectivity index (χ4v) is 3.33. The van der Waals surface area contributed by atoms with Crippen LogP contribution < -0.4 is 9.47 Å². The summed E-state index contributed by atoms with van der Waals surface area (Å²) in [6.45, 7) is 0.434. The molecule has 8 nitrogen and oxygen atoms in total. The number of ether oxygens (including phenoxy) is 3. The Kier molecular flexibility index (Phi) is 4.85. The van der Waals surface area contributed by atoms with Gasteiger partial charge in [0.15, 0.2) is 11.5 Å². The van der Waals surface area contributed by atoms with Gasteiger partial charge in [-0.05, 0) is 35.4 Å². The molecule has 0 fully saturated rings. The molecule has 0 spiro atoms. The molecule has 0 N–H and O–H groups in total. The summed E-state index contributed by atoms with van der Waals surface area (Å²) in [6, 6.07) is 11.2. The van der Waals surface area contributed by atoms with E-state index in [0.717, 1.165) is 16.7 Å². The molecule has 0 atom stereocenters. The minimum atomic E-state index is -0.505. The van der Waals surface area contributed by atoms with Crippen molar-refractivity contribution in [3.05, 3.63) is 75.1 Å². The van der Waals surface area contributed by atoms with Gasteiger partial charge in [0.05, 0.1) is 12.0 Å². The molecular formula is C20H15ClN2O6. The van der Waals surface area contributed by atoms with Crippen molar-refractivity contribution < 1.29 is 23.9 Å². The molecule has 0 saturated heterocycles. The van der Waals surface area contributed by atoms with Crippen LogP contribution in [0.1, 0.15) is 16.1 Å². The molecule has 29 heavy (non-hydrogen) atoms. The standard InChI is InChI=1S/C20H15ClN2O6/c1-27-20(24)17-6-13(12-2-4-15(5-3-12)23(25)26)9-22(17)10-14-7-18-19(8-16(14)21)29-11-28-18/h2-9H,10-11H2,1H3. The minimum Gasteiger partial charge on any atom is -0.464 e. The minimum absolute atomic E-state index is 0.00600. The number of halogens is 1. The van der Waals surface area contributed by atoms with Crippen LogP contribution in [0.25, 0.3) is 11.1 Å². The lowest BCUT2D eigenvalue weighted by molar-refractivity contribution is -0.384. The number of carbonyl (C=O) groups excluding carboxylic acids is 1. The average Bonchev–Trinajstić information content (AvgIpc) is 3.34. The first-order valence-electron chi connectivity index (χ1n) is 8.57. The van der Waals surface area contributed by atoms with Gasteiger partial charge in [-0.15, -0.1) is 0 Å². The van der Waals surface area contributed by atoms with Gasteiger partial charge in [0.1, 0.15) is 5.69 Å². The Bertz CT molecular complexity index is 1110. The molecule has 0 radical (unpaired) electrons. The van der Waals surface area contributed by atoms with Crippen molar-refractivity contribution in [2.75, 3.05) is 13.9 Å². The van der Waals surface area contributed by atoms with Gasteiger partial charge in [0.25, 0.3) is 5.69 Å². The summed E-state index contributed by atoms with van der Waals surface area (Å²) in [6.07, 6.45) is 1.77. The molecule has 4 rings (SSSR count). The lowest BCUT2D eigenvalue weighted by atomic mass is 10.1. The van der Waals surface area contributed by atoms with E-state index < -0.39 is 10.9 Å². The van der Waals surface area contributed by atoms with Crippen LogP contribution in [0.3, 0.4) is 0 Å².